The first kappa shape index (κ1) is 15.0. The molecule has 2 atom stereocenters. The molecule has 2 N–H and O–H groups in total. The molecule has 2 aliphatic rings. The minimum atomic E-state index is -0.454. The van der Waals surface area contributed by atoms with Gasteiger partial charge < -0.3 is 15.5 Å². The summed E-state index contributed by atoms with van der Waals surface area (Å²) < 4.78 is 0. The lowest BCUT2D eigenvalue weighted by atomic mass is 9.80. The molecule has 0 bridgehead atoms. The van der Waals surface area contributed by atoms with E-state index in [4.69, 9.17) is 0 Å². The molecule has 3 rings (SSSR count). The van der Waals surface area contributed by atoms with Crippen molar-refractivity contribution in [3.05, 3.63) is 30.1 Å². The number of nitrogens with zero attached hydrogens (tertiary/aromatic N) is 2. The molecule has 1 aromatic rings. The van der Waals surface area contributed by atoms with Gasteiger partial charge in [-0.15, -0.1) is 0 Å². The number of carbonyl (C=O) groups is 2. The molecule has 0 radical (unpaired) electrons. The van der Waals surface area contributed by atoms with Gasteiger partial charge in [-0.05, 0) is 24.1 Å². The van der Waals surface area contributed by atoms with Gasteiger partial charge in [0.25, 0.3) is 0 Å². The van der Waals surface area contributed by atoms with Crippen molar-refractivity contribution < 1.29 is 9.59 Å². The molecule has 0 aliphatic carbocycles. The van der Waals surface area contributed by atoms with Gasteiger partial charge in [-0.25, -0.2) is 0 Å². The van der Waals surface area contributed by atoms with Crippen LogP contribution in [0.2, 0.25) is 0 Å². The average molecular weight is 302 g/mol. The number of rotatable bonds is 4. The fourth-order valence-corrected chi connectivity index (χ4v) is 3.53. The van der Waals surface area contributed by atoms with Gasteiger partial charge in [0.1, 0.15) is 0 Å². The van der Waals surface area contributed by atoms with E-state index in [0.717, 1.165) is 18.5 Å². The van der Waals surface area contributed by atoms with Crippen LogP contribution in [0.5, 0.6) is 0 Å². The molecule has 6 heteroatoms. The molecule has 2 saturated heterocycles. The van der Waals surface area contributed by atoms with E-state index < -0.39 is 5.41 Å². The van der Waals surface area contributed by atoms with Crippen LogP contribution in [-0.2, 0) is 16.0 Å². The number of amides is 2. The molecule has 2 fully saturated rings. The van der Waals surface area contributed by atoms with Crippen LogP contribution < -0.4 is 10.6 Å². The Labute approximate surface area is 130 Å². The zero-order chi connectivity index (χ0) is 15.6. The maximum Gasteiger partial charge on any atom is 0.229 e. The third-order valence-electron chi connectivity index (χ3n) is 4.87. The highest BCUT2D eigenvalue weighted by atomic mass is 16.2. The lowest BCUT2D eigenvalue weighted by molar-refractivity contribution is -0.132. The summed E-state index contributed by atoms with van der Waals surface area (Å²) in [5.41, 5.74) is 0.704. The van der Waals surface area contributed by atoms with Crippen LogP contribution in [0.25, 0.3) is 0 Å². The van der Waals surface area contributed by atoms with Crippen LogP contribution in [-0.4, -0.2) is 54.4 Å². The highest BCUT2D eigenvalue weighted by molar-refractivity contribution is 5.86. The number of carbonyl (C=O) groups excluding carboxylic acids is 2. The summed E-state index contributed by atoms with van der Waals surface area (Å²) in [6.45, 7) is 4.85. The summed E-state index contributed by atoms with van der Waals surface area (Å²) in [5, 5.41) is 6.36. The molecule has 2 amide bonds. The quantitative estimate of drug-likeness (QED) is 0.808. The largest absolute Gasteiger partial charge is 0.355 e. The van der Waals surface area contributed by atoms with Crippen molar-refractivity contribution in [2.45, 2.75) is 13.3 Å². The fourth-order valence-electron chi connectivity index (χ4n) is 3.53. The zero-order valence-electron chi connectivity index (χ0n) is 12.8. The standard InChI is InChI=1S/C16H22N4O2/c1-12(21)20-9-14-8-18-10-16(14,11-20)15(22)19-7-4-13-2-5-17-6-3-13/h2-3,5-6,14,18H,4,7-11H2,1H3,(H,19,22)/t14-,16-/m0/s1. The van der Waals surface area contributed by atoms with Crippen molar-refractivity contribution in [2.75, 3.05) is 32.7 Å². The van der Waals surface area contributed by atoms with Crippen LogP contribution in [0.15, 0.2) is 24.5 Å². The van der Waals surface area contributed by atoms with Crippen molar-refractivity contribution in [3.63, 3.8) is 0 Å². The van der Waals surface area contributed by atoms with E-state index >= 15 is 0 Å². The number of hydrogen-bond acceptors (Lipinski definition) is 4. The monoisotopic (exact) mass is 302 g/mol. The van der Waals surface area contributed by atoms with E-state index in [0.29, 0.717) is 26.2 Å². The van der Waals surface area contributed by atoms with E-state index in [-0.39, 0.29) is 17.7 Å². The third kappa shape index (κ3) is 2.70. The van der Waals surface area contributed by atoms with Crippen LogP contribution in [0.3, 0.4) is 0 Å². The lowest BCUT2D eigenvalue weighted by Gasteiger charge is -2.26. The minimum absolute atomic E-state index is 0.0540. The first-order valence-corrected chi connectivity index (χ1v) is 7.75. The van der Waals surface area contributed by atoms with Crippen molar-refractivity contribution >= 4 is 11.8 Å². The second-order valence-electron chi connectivity index (χ2n) is 6.24. The van der Waals surface area contributed by atoms with Gasteiger partial charge in [0.05, 0.1) is 5.41 Å². The van der Waals surface area contributed by atoms with Gasteiger partial charge in [-0.3, -0.25) is 14.6 Å². The molecule has 118 valence electrons. The molecule has 22 heavy (non-hydrogen) atoms. The first-order chi connectivity index (χ1) is 10.6. The SMILES string of the molecule is CC(=O)N1C[C@@H]2CNC[C@]2(C(=O)NCCc2ccncc2)C1. The summed E-state index contributed by atoms with van der Waals surface area (Å²) in [7, 11) is 0. The summed E-state index contributed by atoms with van der Waals surface area (Å²) in [6, 6.07) is 3.91. The number of aromatic nitrogens is 1. The number of likely N-dealkylation sites (tertiary alicyclic amines) is 1. The van der Waals surface area contributed by atoms with Crippen LogP contribution in [0.4, 0.5) is 0 Å². The first-order valence-electron chi connectivity index (χ1n) is 7.75. The normalized spacial score (nSPS) is 26.8. The molecule has 0 aromatic carbocycles. The Bertz CT molecular complexity index is 563. The average Bonchev–Trinajstić information content (AvgIpc) is 3.06. The van der Waals surface area contributed by atoms with Crippen molar-refractivity contribution in [2.24, 2.45) is 11.3 Å². The smallest absolute Gasteiger partial charge is 0.229 e. The molecule has 0 spiro atoms. The molecule has 6 nitrogen and oxygen atoms in total. The lowest BCUT2D eigenvalue weighted by Crippen LogP contribution is -2.48. The predicted octanol–water partition coefficient (Wildman–Crippen LogP) is -0.192. The topological polar surface area (TPSA) is 74.3 Å². The fraction of sp³-hybridized carbons (Fsp3) is 0.562. The Kier molecular flexibility index (Phi) is 4.11. The molecule has 1 aromatic heterocycles. The Morgan fingerprint density at radius 3 is 2.95 bits per heavy atom. The predicted molar refractivity (Wildman–Crippen MR) is 82.0 cm³/mol. The van der Waals surface area contributed by atoms with Gasteiger partial charge in [0.2, 0.25) is 11.8 Å². The highest BCUT2D eigenvalue weighted by Crippen LogP contribution is 2.39. The molecule has 3 heterocycles. The van der Waals surface area contributed by atoms with Crippen LogP contribution >= 0.6 is 0 Å². The number of hydrogen-bond donors (Lipinski definition) is 2. The Morgan fingerprint density at radius 2 is 2.23 bits per heavy atom. The molecule has 0 unspecified atom stereocenters. The van der Waals surface area contributed by atoms with E-state index in [1.54, 1.807) is 24.2 Å². The second-order valence-corrected chi connectivity index (χ2v) is 6.24. The summed E-state index contributed by atoms with van der Waals surface area (Å²) in [6.07, 6.45) is 4.31. The van der Waals surface area contributed by atoms with Crippen LogP contribution in [0, 0.1) is 11.3 Å². The summed E-state index contributed by atoms with van der Waals surface area (Å²) >= 11 is 0. The van der Waals surface area contributed by atoms with Gasteiger partial charge in [-0.2, -0.15) is 0 Å². The number of pyridine rings is 1. The van der Waals surface area contributed by atoms with Crippen molar-refractivity contribution in [3.8, 4) is 0 Å². The van der Waals surface area contributed by atoms with E-state index in [1.165, 1.54) is 0 Å². The van der Waals surface area contributed by atoms with E-state index in [9.17, 15) is 9.59 Å². The van der Waals surface area contributed by atoms with Gasteiger partial charge in [-0.1, -0.05) is 0 Å². The molecular weight excluding hydrogens is 280 g/mol. The molecule has 2 aliphatic heterocycles. The number of nitrogens with one attached hydrogen (secondary N) is 2. The summed E-state index contributed by atoms with van der Waals surface area (Å²) in [4.78, 5) is 30.1. The maximum absolute atomic E-state index is 12.7. The van der Waals surface area contributed by atoms with Crippen LogP contribution in [0.1, 0.15) is 12.5 Å². The Hall–Kier alpha value is -1.95. The van der Waals surface area contributed by atoms with E-state index in [2.05, 4.69) is 15.6 Å². The van der Waals surface area contributed by atoms with E-state index in [1.807, 2.05) is 12.1 Å². The minimum Gasteiger partial charge on any atom is -0.355 e. The van der Waals surface area contributed by atoms with Crippen molar-refractivity contribution in [1.29, 1.82) is 0 Å². The van der Waals surface area contributed by atoms with Gasteiger partial charge >= 0.3 is 0 Å². The Morgan fingerprint density at radius 1 is 1.45 bits per heavy atom. The number of fused-ring (bicyclic) bond motifs is 1. The molecule has 0 saturated carbocycles. The van der Waals surface area contributed by atoms with Crippen molar-refractivity contribution in [1.82, 2.24) is 20.5 Å². The van der Waals surface area contributed by atoms with Gasteiger partial charge in [0, 0.05) is 58.0 Å². The van der Waals surface area contributed by atoms with Gasteiger partial charge in [0.15, 0.2) is 0 Å². The Balaban J connectivity index is 1.60. The summed E-state index contributed by atoms with van der Waals surface area (Å²) in [5.74, 6) is 0.344. The second kappa shape index (κ2) is 6.04. The third-order valence-corrected chi connectivity index (χ3v) is 4.87. The highest BCUT2D eigenvalue weighted by Gasteiger charge is 2.55. The maximum atomic E-state index is 12.7. The molecular formula is C16H22N4O2. The zero-order valence-corrected chi connectivity index (χ0v) is 12.8.